The summed E-state index contributed by atoms with van der Waals surface area (Å²) in [5, 5.41) is 7.83. The molecule has 6 nitrogen and oxygen atoms in total. The fourth-order valence-corrected chi connectivity index (χ4v) is 3.97. The highest BCUT2D eigenvalue weighted by molar-refractivity contribution is 7.11. The van der Waals surface area contributed by atoms with E-state index in [2.05, 4.69) is 45.4 Å². The normalized spacial score (nSPS) is 14.7. The Kier molecular flexibility index (Phi) is 6.44. The first-order valence-corrected chi connectivity index (χ1v) is 10.1. The lowest BCUT2D eigenvalue weighted by atomic mass is 10.2. The molecule has 140 valence electrons. The molecule has 3 heterocycles. The second-order valence-corrected chi connectivity index (χ2v) is 7.79. The zero-order chi connectivity index (χ0) is 18.4. The van der Waals surface area contributed by atoms with Gasteiger partial charge in [0.1, 0.15) is 5.82 Å². The van der Waals surface area contributed by atoms with Crippen molar-refractivity contribution in [2.24, 2.45) is 4.99 Å². The first kappa shape index (κ1) is 18.6. The number of thiazole rings is 1. The summed E-state index contributed by atoms with van der Waals surface area (Å²) < 4.78 is 0. The third kappa shape index (κ3) is 4.94. The number of aromatic nitrogens is 2. The lowest BCUT2D eigenvalue weighted by Crippen LogP contribution is -2.36. The van der Waals surface area contributed by atoms with Crippen molar-refractivity contribution in [1.29, 1.82) is 0 Å². The molecule has 1 fully saturated rings. The van der Waals surface area contributed by atoms with Crippen LogP contribution >= 0.6 is 11.3 Å². The van der Waals surface area contributed by atoms with Crippen molar-refractivity contribution in [2.75, 3.05) is 24.5 Å². The number of pyridine rings is 1. The molecule has 0 unspecified atom stereocenters. The van der Waals surface area contributed by atoms with Crippen molar-refractivity contribution in [3.05, 3.63) is 39.5 Å². The van der Waals surface area contributed by atoms with E-state index in [1.807, 2.05) is 19.2 Å². The Morgan fingerprint density at radius 2 is 2.08 bits per heavy atom. The second-order valence-electron chi connectivity index (χ2n) is 6.51. The SMILES string of the molecule is CCNC(=NCc1ccnc(N2CCCC2)c1)NCc1sc(C)nc1C. The molecule has 2 aromatic heterocycles. The topological polar surface area (TPSA) is 65.4 Å². The number of aryl methyl sites for hydroxylation is 2. The van der Waals surface area contributed by atoms with Crippen LogP contribution in [0.4, 0.5) is 5.82 Å². The number of rotatable bonds is 6. The predicted molar refractivity (Wildman–Crippen MR) is 109 cm³/mol. The van der Waals surface area contributed by atoms with E-state index in [4.69, 9.17) is 4.99 Å². The fraction of sp³-hybridized carbons (Fsp3) is 0.526. The zero-order valence-electron chi connectivity index (χ0n) is 15.9. The van der Waals surface area contributed by atoms with Gasteiger partial charge in [0.25, 0.3) is 0 Å². The maximum Gasteiger partial charge on any atom is 0.191 e. The van der Waals surface area contributed by atoms with Gasteiger partial charge in [-0.15, -0.1) is 11.3 Å². The Hall–Kier alpha value is -2.15. The van der Waals surface area contributed by atoms with Crippen LogP contribution in [-0.2, 0) is 13.1 Å². The van der Waals surface area contributed by atoms with Gasteiger partial charge in [0.05, 0.1) is 23.8 Å². The molecule has 0 saturated carbocycles. The molecular formula is C19H28N6S. The minimum atomic E-state index is 0.638. The van der Waals surface area contributed by atoms with Gasteiger partial charge in [-0.1, -0.05) is 0 Å². The van der Waals surface area contributed by atoms with Crippen molar-refractivity contribution in [1.82, 2.24) is 20.6 Å². The average molecular weight is 373 g/mol. The van der Waals surface area contributed by atoms with Crippen LogP contribution < -0.4 is 15.5 Å². The number of anilines is 1. The minimum absolute atomic E-state index is 0.638. The van der Waals surface area contributed by atoms with Crippen LogP contribution in [0.5, 0.6) is 0 Å². The van der Waals surface area contributed by atoms with Crippen LogP contribution in [0.3, 0.4) is 0 Å². The Morgan fingerprint density at radius 1 is 1.27 bits per heavy atom. The highest BCUT2D eigenvalue weighted by Gasteiger charge is 2.13. The van der Waals surface area contributed by atoms with Crippen molar-refractivity contribution in [3.63, 3.8) is 0 Å². The highest BCUT2D eigenvalue weighted by atomic mass is 32.1. The Morgan fingerprint density at radius 3 is 2.77 bits per heavy atom. The van der Waals surface area contributed by atoms with E-state index in [0.29, 0.717) is 6.54 Å². The molecular weight excluding hydrogens is 344 g/mol. The van der Waals surface area contributed by atoms with Gasteiger partial charge >= 0.3 is 0 Å². The van der Waals surface area contributed by atoms with Gasteiger partial charge in [0, 0.05) is 30.7 Å². The van der Waals surface area contributed by atoms with E-state index in [1.54, 1.807) is 11.3 Å². The number of nitrogens with zero attached hydrogens (tertiary/aromatic N) is 4. The van der Waals surface area contributed by atoms with Crippen molar-refractivity contribution in [3.8, 4) is 0 Å². The van der Waals surface area contributed by atoms with Crippen LogP contribution in [0, 0.1) is 13.8 Å². The van der Waals surface area contributed by atoms with Gasteiger partial charge in [-0.3, -0.25) is 0 Å². The summed E-state index contributed by atoms with van der Waals surface area (Å²) in [6.07, 6.45) is 4.41. The van der Waals surface area contributed by atoms with Crippen molar-refractivity contribution >= 4 is 23.1 Å². The molecule has 2 N–H and O–H groups in total. The number of guanidine groups is 1. The van der Waals surface area contributed by atoms with Gasteiger partial charge in [0.2, 0.25) is 0 Å². The van der Waals surface area contributed by atoms with Gasteiger partial charge < -0.3 is 15.5 Å². The van der Waals surface area contributed by atoms with E-state index in [9.17, 15) is 0 Å². The van der Waals surface area contributed by atoms with E-state index in [0.717, 1.165) is 48.7 Å². The molecule has 26 heavy (non-hydrogen) atoms. The zero-order valence-corrected chi connectivity index (χ0v) is 16.7. The van der Waals surface area contributed by atoms with Crippen LogP contribution in [-0.4, -0.2) is 35.6 Å². The van der Waals surface area contributed by atoms with Gasteiger partial charge in [-0.25, -0.2) is 15.0 Å². The first-order chi connectivity index (χ1) is 12.7. The first-order valence-electron chi connectivity index (χ1n) is 9.30. The molecule has 0 aromatic carbocycles. The van der Waals surface area contributed by atoms with E-state index in [-0.39, 0.29) is 0 Å². The third-order valence-corrected chi connectivity index (χ3v) is 5.49. The Balaban J connectivity index is 1.63. The van der Waals surface area contributed by atoms with Crippen LogP contribution in [0.2, 0.25) is 0 Å². The molecule has 0 spiro atoms. The lowest BCUT2D eigenvalue weighted by molar-refractivity contribution is 0.818. The molecule has 3 rings (SSSR count). The number of hydrogen-bond donors (Lipinski definition) is 2. The summed E-state index contributed by atoms with van der Waals surface area (Å²) in [7, 11) is 0. The van der Waals surface area contributed by atoms with E-state index >= 15 is 0 Å². The maximum atomic E-state index is 4.74. The number of nitrogens with one attached hydrogen (secondary N) is 2. The molecule has 0 radical (unpaired) electrons. The smallest absolute Gasteiger partial charge is 0.191 e. The van der Waals surface area contributed by atoms with E-state index in [1.165, 1.54) is 23.3 Å². The maximum absolute atomic E-state index is 4.74. The standard InChI is InChI=1S/C19H28N6S/c1-4-20-19(23-13-17-14(2)24-15(3)26-17)22-12-16-7-8-21-18(11-16)25-9-5-6-10-25/h7-8,11H,4-6,9-10,12-13H2,1-3H3,(H2,20,22,23). The number of aliphatic imine (C=N–C) groups is 1. The third-order valence-electron chi connectivity index (χ3n) is 4.42. The summed E-state index contributed by atoms with van der Waals surface area (Å²) >= 11 is 1.73. The molecule has 7 heteroatoms. The van der Waals surface area contributed by atoms with Crippen LogP contribution in [0.25, 0.3) is 0 Å². The van der Waals surface area contributed by atoms with Crippen LogP contribution in [0.1, 0.15) is 40.9 Å². The average Bonchev–Trinajstić information content (AvgIpc) is 3.27. The summed E-state index contributed by atoms with van der Waals surface area (Å²) in [5.41, 5.74) is 2.28. The summed E-state index contributed by atoms with van der Waals surface area (Å²) in [6, 6.07) is 4.21. The van der Waals surface area contributed by atoms with Crippen molar-refractivity contribution < 1.29 is 0 Å². The molecule has 1 saturated heterocycles. The van der Waals surface area contributed by atoms with Gasteiger partial charge in [-0.05, 0) is 51.3 Å². The molecule has 0 bridgehead atoms. The molecule has 2 aromatic rings. The van der Waals surface area contributed by atoms with E-state index < -0.39 is 0 Å². The highest BCUT2D eigenvalue weighted by Crippen LogP contribution is 2.19. The Labute approximate surface area is 159 Å². The predicted octanol–water partition coefficient (Wildman–Crippen LogP) is 3.01. The molecule has 1 aliphatic rings. The monoisotopic (exact) mass is 372 g/mol. The van der Waals surface area contributed by atoms with Crippen molar-refractivity contribution in [2.45, 2.75) is 46.7 Å². The largest absolute Gasteiger partial charge is 0.357 e. The van der Waals surface area contributed by atoms with Gasteiger partial charge in [-0.2, -0.15) is 0 Å². The second kappa shape index (κ2) is 8.98. The number of hydrogen-bond acceptors (Lipinski definition) is 5. The van der Waals surface area contributed by atoms with Gasteiger partial charge in [0.15, 0.2) is 5.96 Å². The molecule has 0 atom stereocenters. The quantitative estimate of drug-likeness (QED) is 0.603. The molecule has 0 amide bonds. The fourth-order valence-electron chi connectivity index (χ4n) is 3.09. The minimum Gasteiger partial charge on any atom is -0.357 e. The molecule has 1 aliphatic heterocycles. The summed E-state index contributed by atoms with van der Waals surface area (Å²) in [5.74, 6) is 1.90. The molecule has 0 aliphatic carbocycles. The lowest BCUT2D eigenvalue weighted by Gasteiger charge is -2.16. The summed E-state index contributed by atoms with van der Waals surface area (Å²) in [6.45, 7) is 10.6. The van der Waals surface area contributed by atoms with Crippen LogP contribution in [0.15, 0.2) is 23.3 Å². The summed E-state index contributed by atoms with van der Waals surface area (Å²) in [4.78, 5) is 17.3. The Bertz CT molecular complexity index is 748.